The molecule has 2 aromatic rings. The van der Waals surface area contributed by atoms with E-state index >= 15 is 4.79 Å². The van der Waals surface area contributed by atoms with Crippen molar-refractivity contribution in [3.8, 4) is 11.5 Å². The van der Waals surface area contributed by atoms with Gasteiger partial charge in [0.2, 0.25) is 0 Å². The summed E-state index contributed by atoms with van der Waals surface area (Å²) in [5, 5.41) is 0. The highest BCUT2D eigenvalue weighted by molar-refractivity contribution is 5.88. The Morgan fingerprint density at radius 1 is 0.632 bits per heavy atom. The van der Waals surface area contributed by atoms with E-state index in [9.17, 15) is 0 Å². The molecule has 8 fully saturated rings. The van der Waals surface area contributed by atoms with Gasteiger partial charge in [0.1, 0.15) is 17.3 Å². The number of benzene rings is 2. The Bertz CT molecular complexity index is 1140. The van der Waals surface area contributed by atoms with Gasteiger partial charge < -0.3 is 9.47 Å². The fourth-order valence-electron chi connectivity index (χ4n) is 12.0. The van der Waals surface area contributed by atoms with Crippen LogP contribution in [0.25, 0.3) is 0 Å². The summed E-state index contributed by atoms with van der Waals surface area (Å²) < 4.78 is 11.4. The zero-order chi connectivity index (χ0) is 25.6. The largest absolute Gasteiger partial charge is 0.497 e. The van der Waals surface area contributed by atoms with E-state index in [1.54, 1.807) is 14.2 Å². The van der Waals surface area contributed by atoms with Gasteiger partial charge in [0.25, 0.3) is 0 Å². The lowest BCUT2D eigenvalue weighted by atomic mass is 9.38. The second kappa shape index (κ2) is 8.35. The van der Waals surface area contributed by atoms with Crippen LogP contribution in [0.5, 0.6) is 11.5 Å². The van der Waals surface area contributed by atoms with E-state index in [0.29, 0.717) is 17.6 Å². The highest BCUT2D eigenvalue weighted by atomic mass is 16.5. The standard InChI is InChI=1S/C35H42O3/c1-37-29-7-3-5-27(15-29)34-17-21-9-22(18-34)12-25(11-21)31(34)33(36)32-26-13-23-10-24(14-26)20-35(32,19-23)28-6-4-8-30(16-28)38-2/h3-8,15-16,21-26,31-32H,9-14,17-20H2,1-2H3. The van der Waals surface area contributed by atoms with Crippen molar-refractivity contribution in [1.82, 2.24) is 0 Å². The SMILES string of the molecule is COc1cccc(C23CC4CC(CC(C4)C2C(=O)C2C4CC5CC(C4)CC2(c2cccc(OC)c2)C5)C3)c1. The molecule has 6 atom stereocenters. The van der Waals surface area contributed by atoms with Gasteiger partial charge in [0, 0.05) is 22.7 Å². The predicted octanol–water partition coefficient (Wildman–Crippen LogP) is 7.36. The number of hydrogen-bond acceptors (Lipinski definition) is 3. The Labute approximate surface area is 227 Å². The van der Waals surface area contributed by atoms with Crippen molar-refractivity contribution in [1.29, 1.82) is 0 Å². The summed E-state index contributed by atoms with van der Waals surface area (Å²) >= 11 is 0. The zero-order valence-corrected chi connectivity index (χ0v) is 23.0. The average Bonchev–Trinajstić information content (AvgIpc) is 2.92. The van der Waals surface area contributed by atoms with Crippen molar-refractivity contribution >= 4 is 5.78 Å². The van der Waals surface area contributed by atoms with Gasteiger partial charge in [0.05, 0.1) is 14.2 Å². The number of ketones is 1. The van der Waals surface area contributed by atoms with Crippen LogP contribution in [0.2, 0.25) is 0 Å². The summed E-state index contributed by atoms with van der Waals surface area (Å²) in [5.74, 6) is 7.09. The van der Waals surface area contributed by atoms with Gasteiger partial charge in [-0.1, -0.05) is 24.3 Å². The fourth-order valence-corrected chi connectivity index (χ4v) is 12.0. The first-order valence-corrected chi connectivity index (χ1v) is 15.3. The summed E-state index contributed by atoms with van der Waals surface area (Å²) in [6, 6.07) is 17.7. The number of ether oxygens (including phenoxy) is 2. The number of carbonyl (C=O) groups is 1. The maximum atomic E-state index is 15.4. The molecule has 2 aromatic carbocycles. The van der Waals surface area contributed by atoms with E-state index in [4.69, 9.17) is 9.47 Å². The number of carbonyl (C=O) groups excluding carboxylic acids is 1. The van der Waals surface area contributed by atoms with E-state index in [-0.39, 0.29) is 22.7 Å². The Morgan fingerprint density at radius 2 is 1.03 bits per heavy atom. The summed E-state index contributed by atoms with van der Waals surface area (Å²) in [6.45, 7) is 0. The van der Waals surface area contributed by atoms with Gasteiger partial charge >= 0.3 is 0 Å². The monoisotopic (exact) mass is 510 g/mol. The quantitative estimate of drug-likeness (QED) is 0.407. The molecule has 6 unspecified atom stereocenters. The predicted molar refractivity (Wildman–Crippen MR) is 148 cm³/mol. The van der Waals surface area contributed by atoms with Crippen LogP contribution in [0.15, 0.2) is 48.5 Å². The second-order valence-electron chi connectivity index (χ2n) is 14.3. The molecule has 0 radical (unpaired) electrons. The van der Waals surface area contributed by atoms with Crippen LogP contribution >= 0.6 is 0 Å². The first kappa shape index (κ1) is 23.6. The van der Waals surface area contributed by atoms with E-state index < -0.39 is 0 Å². The number of rotatable bonds is 6. The highest BCUT2D eigenvalue weighted by Gasteiger charge is 2.66. The molecule has 0 amide bonds. The van der Waals surface area contributed by atoms with Crippen LogP contribution in [0.1, 0.15) is 75.3 Å². The summed E-state index contributed by atoms with van der Waals surface area (Å²) in [5.41, 5.74) is 2.75. The molecule has 3 nitrogen and oxygen atoms in total. The summed E-state index contributed by atoms with van der Waals surface area (Å²) in [7, 11) is 3.54. The zero-order valence-electron chi connectivity index (χ0n) is 23.0. The molecular formula is C35H42O3. The molecule has 200 valence electrons. The minimum Gasteiger partial charge on any atom is -0.497 e. The fraction of sp³-hybridized carbons (Fsp3) is 0.629. The van der Waals surface area contributed by atoms with Gasteiger partial charge in [0.15, 0.2) is 0 Å². The van der Waals surface area contributed by atoms with E-state index in [1.165, 1.54) is 75.3 Å². The second-order valence-corrected chi connectivity index (χ2v) is 14.3. The first-order chi connectivity index (χ1) is 18.5. The molecule has 0 aromatic heterocycles. The van der Waals surface area contributed by atoms with Crippen LogP contribution in [0.3, 0.4) is 0 Å². The van der Waals surface area contributed by atoms with Gasteiger partial charge in [-0.25, -0.2) is 0 Å². The van der Waals surface area contributed by atoms with Gasteiger partial charge in [-0.15, -0.1) is 0 Å². The molecule has 8 bridgehead atoms. The Morgan fingerprint density at radius 3 is 1.39 bits per heavy atom. The molecule has 0 spiro atoms. The van der Waals surface area contributed by atoms with Gasteiger partial charge in [-0.2, -0.15) is 0 Å². The number of Topliss-reactive ketones (excluding diaryl/α,β-unsaturated/α-hetero) is 1. The van der Waals surface area contributed by atoms with Crippen LogP contribution in [-0.2, 0) is 15.6 Å². The van der Waals surface area contributed by atoms with Gasteiger partial charge in [-0.3, -0.25) is 4.79 Å². The Hall–Kier alpha value is -2.29. The van der Waals surface area contributed by atoms with E-state index in [2.05, 4.69) is 48.5 Å². The normalized spacial score (nSPS) is 43.8. The molecule has 3 heteroatoms. The topological polar surface area (TPSA) is 35.5 Å². The van der Waals surface area contributed by atoms with E-state index in [0.717, 1.165) is 35.2 Å². The lowest BCUT2D eigenvalue weighted by molar-refractivity contribution is -0.159. The minimum absolute atomic E-state index is 0.00932. The molecule has 10 rings (SSSR count). The first-order valence-electron chi connectivity index (χ1n) is 15.3. The summed E-state index contributed by atoms with van der Waals surface area (Å²) in [6.07, 6.45) is 12.6. The van der Waals surface area contributed by atoms with Crippen molar-refractivity contribution in [2.45, 2.75) is 75.0 Å². The average molecular weight is 511 g/mol. The maximum absolute atomic E-state index is 15.4. The molecule has 0 saturated heterocycles. The Balaban J connectivity index is 1.26. The van der Waals surface area contributed by atoms with Crippen molar-refractivity contribution < 1.29 is 14.3 Å². The van der Waals surface area contributed by atoms with Crippen molar-refractivity contribution in [3.63, 3.8) is 0 Å². The molecule has 38 heavy (non-hydrogen) atoms. The summed E-state index contributed by atoms with van der Waals surface area (Å²) in [4.78, 5) is 15.4. The molecular weight excluding hydrogens is 468 g/mol. The molecule has 8 saturated carbocycles. The van der Waals surface area contributed by atoms with E-state index in [1.807, 2.05) is 0 Å². The lowest BCUT2D eigenvalue weighted by Gasteiger charge is -2.65. The van der Waals surface area contributed by atoms with Gasteiger partial charge in [-0.05, 0) is 135 Å². The molecule has 8 aliphatic carbocycles. The molecule has 0 aliphatic heterocycles. The lowest BCUT2D eigenvalue weighted by Crippen LogP contribution is -2.64. The van der Waals surface area contributed by atoms with Crippen LogP contribution in [-0.4, -0.2) is 20.0 Å². The highest BCUT2D eigenvalue weighted by Crippen LogP contribution is 2.68. The third-order valence-electron chi connectivity index (χ3n) is 12.5. The van der Waals surface area contributed by atoms with Crippen LogP contribution < -0.4 is 9.47 Å². The third kappa shape index (κ3) is 3.23. The molecule has 0 heterocycles. The van der Waals surface area contributed by atoms with Crippen LogP contribution in [0, 0.1) is 47.3 Å². The smallest absolute Gasteiger partial charge is 0.141 e. The van der Waals surface area contributed by atoms with Crippen molar-refractivity contribution in [3.05, 3.63) is 59.7 Å². The van der Waals surface area contributed by atoms with Crippen molar-refractivity contribution in [2.75, 3.05) is 14.2 Å². The number of hydrogen-bond donors (Lipinski definition) is 0. The van der Waals surface area contributed by atoms with Crippen LogP contribution in [0.4, 0.5) is 0 Å². The molecule has 8 aliphatic rings. The third-order valence-corrected chi connectivity index (χ3v) is 12.5. The van der Waals surface area contributed by atoms with Crippen molar-refractivity contribution in [2.24, 2.45) is 47.3 Å². The number of methoxy groups -OCH3 is 2. The minimum atomic E-state index is -0.00932. The molecule has 0 N–H and O–H groups in total. The maximum Gasteiger partial charge on any atom is 0.141 e. The Kier molecular flexibility index (Phi) is 5.19.